The van der Waals surface area contributed by atoms with E-state index < -0.39 is 5.97 Å². The van der Waals surface area contributed by atoms with E-state index in [1.165, 1.54) is 7.11 Å². The summed E-state index contributed by atoms with van der Waals surface area (Å²) in [5, 5.41) is 9.07. The third-order valence-corrected chi connectivity index (χ3v) is 3.12. The number of aliphatic carboxylic acids is 1. The largest absolute Gasteiger partial charge is 0.481 e. The molecule has 98 valence electrons. The molecule has 2 aromatic rings. The molecule has 0 fully saturated rings. The van der Waals surface area contributed by atoms with Crippen LogP contribution in [0.4, 0.5) is 0 Å². The summed E-state index contributed by atoms with van der Waals surface area (Å²) in [6, 6.07) is 11.3. The SMILES string of the molecule is COc1cc(-c2ccccc2)nc(SCC(=O)O)n1. The molecular weight excluding hydrogens is 264 g/mol. The Morgan fingerprint density at radius 2 is 2.05 bits per heavy atom. The molecule has 1 aromatic heterocycles. The average molecular weight is 276 g/mol. The van der Waals surface area contributed by atoms with E-state index in [4.69, 9.17) is 9.84 Å². The van der Waals surface area contributed by atoms with Gasteiger partial charge in [-0.05, 0) is 0 Å². The van der Waals surface area contributed by atoms with E-state index in [2.05, 4.69) is 9.97 Å². The van der Waals surface area contributed by atoms with E-state index >= 15 is 0 Å². The van der Waals surface area contributed by atoms with Crippen LogP contribution in [0.2, 0.25) is 0 Å². The molecule has 0 saturated carbocycles. The lowest BCUT2D eigenvalue weighted by Gasteiger charge is -2.06. The zero-order valence-electron chi connectivity index (χ0n) is 10.2. The van der Waals surface area contributed by atoms with Crippen molar-refractivity contribution in [2.75, 3.05) is 12.9 Å². The van der Waals surface area contributed by atoms with Crippen molar-refractivity contribution in [1.82, 2.24) is 9.97 Å². The maximum atomic E-state index is 10.6. The van der Waals surface area contributed by atoms with Crippen molar-refractivity contribution >= 4 is 17.7 Å². The van der Waals surface area contributed by atoms with Crippen molar-refractivity contribution in [2.24, 2.45) is 0 Å². The third-order valence-electron chi connectivity index (χ3n) is 2.29. The predicted molar refractivity (Wildman–Crippen MR) is 72.4 cm³/mol. The molecule has 0 bridgehead atoms. The molecule has 2 rings (SSSR count). The van der Waals surface area contributed by atoms with E-state index in [-0.39, 0.29) is 5.75 Å². The number of ether oxygens (including phenoxy) is 1. The Morgan fingerprint density at radius 1 is 1.32 bits per heavy atom. The highest BCUT2D eigenvalue weighted by atomic mass is 32.2. The summed E-state index contributed by atoms with van der Waals surface area (Å²) in [7, 11) is 1.52. The Morgan fingerprint density at radius 3 is 2.68 bits per heavy atom. The number of aromatic nitrogens is 2. The van der Waals surface area contributed by atoms with Gasteiger partial charge in [-0.1, -0.05) is 42.1 Å². The van der Waals surface area contributed by atoms with Crippen LogP contribution in [0.5, 0.6) is 5.88 Å². The van der Waals surface area contributed by atoms with Gasteiger partial charge in [0, 0.05) is 11.6 Å². The zero-order valence-corrected chi connectivity index (χ0v) is 11.1. The zero-order chi connectivity index (χ0) is 13.7. The smallest absolute Gasteiger partial charge is 0.313 e. The number of carbonyl (C=O) groups is 1. The van der Waals surface area contributed by atoms with Crippen molar-refractivity contribution < 1.29 is 14.6 Å². The van der Waals surface area contributed by atoms with E-state index in [0.717, 1.165) is 17.3 Å². The second kappa shape index (κ2) is 6.19. The van der Waals surface area contributed by atoms with Crippen LogP contribution in [-0.2, 0) is 4.79 Å². The molecule has 0 atom stereocenters. The van der Waals surface area contributed by atoms with Crippen LogP contribution in [0, 0.1) is 0 Å². The van der Waals surface area contributed by atoms with Crippen LogP contribution in [0.15, 0.2) is 41.6 Å². The number of nitrogens with zero attached hydrogens (tertiary/aromatic N) is 2. The number of methoxy groups -OCH3 is 1. The van der Waals surface area contributed by atoms with Gasteiger partial charge in [0.15, 0.2) is 5.16 Å². The van der Waals surface area contributed by atoms with Crippen LogP contribution in [0.25, 0.3) is 11.3 Å². The summed E-state index contributed by atoms with van der Waals surface area (Å²) in [6.07, 6.45) is 0. The maximum Gasteiger partial charge on any atom is 0.313 e. The molecular formula is C13H12N2O3S. The number of benzene rings is 1. The van der Waals surface area contributed by atoms with Gasteiger partial charge < -0.3 is 9.84 Å². The van der Waals surface area contributed by atoms with Crippen molar-refractivity contribution in [3.05, 3.63) is 36.4 Å². The second-order valence-electron chi connectivity index (χ2n) is 3.63. The molecule has 0 spiro atoms. The Labute approximate surface area is 114 Å². The first kappa shape index (κ1) is 13.4. The molecule has 1 aromatic carbocycles. The minimum Gasteiger partial charge on any atom is -0.481 e. The minimum atomic E-state index is -0.905. The minimum absolute atomic E-state index is 0.0819. The van der Waals surface area contributed by atoms with Gasteiger partial charge in [-0.25, -0.2) is 4.98 Å². The summed E-state index contributed by atoms with van der Waals surface area (Å²) in [5.41, 5.74) is 1.64. The third kappa shape index (κ3) is 3.69. The van der Waals surface area contributed by atoms with Crippen LogP contribution >= 0.6 is 11.8 Å². The van der Waals surface area contributed by atoms with Crippen molar-refractivity contribution in [2.45, 2.75) is 5.16 Å². The molecule has 0 saturated heterocycles. The Kier molecular flexibility index (Phi) is 4.35. The van der Waals surface area contributed by atoms with Crippen molar-refractivity contribution in [3.63, 3.8) is 0 Å². The highest BCUT2D eigenvalue weighted by Gasteiger charge is 2.09. The summed E-state index contributed by atoms with van der Waals surface area (Å²) in [4.78, 5) is 19.0. The topological polar surface area (TPSA) is 72.3 Å². The average Bonchev–Trinajstić information content (AvgIpc) is 2.45. The van der Waals surface area contributed by atoms with Gasteiger partial charge in [-0.2, -0.15) is 4.98 Å². The highest BCUT2D eigenvalue weighted by molar-refractivity contribution is 7.99. The molecule has 1 N–H and O–H groups in total. The molecule has 5 nitrogen and oxygen atoms in total. The summed E-state index contributed by atoms with van der Waals surface area (Å²) in [5.74, 6) is -0.569. The van der Waals surface area contributed by atoms with Crippen LogP contribution in [0.1, 0.15) is 0 Å². The highest BCUT2D eigenvalue weighted by Crippen LogP contribution is 2.24. The Hall–Kier alpha value is -2.08. The van der Waals surface area contributed by atoms with Gasteiger partial charge in [0.25, 0.3) is 0 Å². The second-order valence-corrected chi connectivity index (χ2v) is 4.57. The fraction of sp³-hybridized carbons (Fsp3) is 0.154. The number of rotatable bonds is 5. The quantitative estimate of drug-likeness (QED) is 0.667. The number of hydrogen-bond donors (Lipinski definition) is 1. The van der Waals surface area contributed by atoms with Gasteiger partial charge >= 0.3 is 5.97 Å². The van der Waals surface area contributed by atoms with E-state index in [1.54, 1.807) is 6.07 Å². The monoisotopic (exact) mass is 276 g/mol. The molecule has 0 unspecified atom stereocenters. The van der Waals surface area contributed by atoms with E-state index in [0.29, 0.717) is 16.7 Å². The lowest BCUT2D eigenvalue weighted by molar-refractivity contribution is -0.133. The lowest BCUT2D eigenvalue weighted by Crippen LogP contribution is -2.01. The first-order chi connectivity index (χ1) is 9.19. The van der Waals surface area contributed by atoms with Crippen molar-refractivity contribution in [3.8, 4) is 17.1 Å². The van der Waals surface area contributed by atoms with Gasteiger partial charge in [0.2, 0.25) is 5.88 Å². The standard InChI is InChI=1S/C13H12N2O3S/c1-18-11-7-10(9-5-3-2-4-6-9)14-13(15-11)19-8-12(16)17/h2-7H,8H2,1H3,(H,16,17). The molecule has 1 heterocycles. The van der Waals surface area contributed by atoms with Crippen LogP contribution in [0.3, 0.4) is 0 Å². The van der Waals surface area contributed by atoms with Crippen LogP contribution < -0.4 is 4.74 Å². The molecule has 6 heteroatoms. The molecule has 0 aliphatic heterocycles. The number of carboxylic acids is 1. The normalized spacial score (nSPS) is 10.2. The Balaban J connectivity index is 2.33. The van der Waals surface area contributed by atoms with Crippen LogP contribution in [-0.4, -0.2) is 33.9 Å². The lowest BCUT2D eigenvalue weighted by atomic mass is 10.1. The fourth-order valence-corrected chi connectivity index (χ4v) is 2.03. The predicted octanol–water partition coefficient (Wildman–Crippen LogP) is 2.33. The van der Waals surface area contributed by atoms with Gasteiger partial charge in [-0.3, -0.25) is 4.79 Å². The molecule has 0 aliphatic carbocycles. The molecule has 0 amide bonds. The number of thioether (sulfide) groups is 1. The molecule has 0 aliphatic rings. The van der Waals surface area contributed by atoms with Gasteiger partial charge in [0.1, 0.15) is 0 Å². The maximum absolute atomic E-state index is 10.6. The number of hydrogen-bond acceptors (Lipinski definition) is 5. The summed E-state index contributed by atoms with van der Waals surface area (Å²) < 4.78 is 5.11. The molecule has 0 radical (unpaired) electrons. The summed E-state index contributed by atoms with van der Waals surface area (Å²) in [6.45, 7) is 0. The summed E-state index contributed by atoms with van der Waals surface area (Å²) >= 11 is 1.07. The molecule has 19 heavy (non-hydrogen) atoms. The van der Waals surface area contributed by atoms with Gasteiger partial charge in [-0.15, -0.1) is 0 Å². The van der Waals surface area contributed by atoms with E-state index in [9.17, 15) is 4.79 Å². The first-order valence-electron chi connectivity index (χ1n) is 5.52. The Bertz CT molecular complexity index is 575. The van der Waals surface area contributed by atoms with Crippen molar-refractivity contribution in [1.29, 1.82) is 0 Å². The first-order valence-corrected chi connectivity index (χ1v) is 6.50. The van der Waals surface area contributed by atoms with E-state index in [1.807, 2.05) is 30.3 Å². The van der Waals surface area contributed by atoms with Gasteiger partial charge in [0.05, 0.1) is 18.6 Å². The number of carboxylic acid groups (broad SMARTS) is 1. The fourth-order valence-electron chi connectivity index (χ4n) is 1.46.